The van der Waals surface area contributed by atoms with Gasteiger partial charge in [-0.05, 0) is 6.42 Å². The van der Waals surface area contributed by atoms with Gasteiger partial charge >= 0.3 is 11.8 Å². The van der Waals surface area contributed by atoms with E-state index in [1.165, 1.54) is 0 Å². The first-order valence-electron chi connectivity index (χ1n) is 3.98. The zero-order valence-corrected chi connectivity index (χ0v) is 7.20. The fraction of sp³-hybridized carbons (Fsp3) is 0.571. The van der Waals surface area contributed by atoms with Crippen LogP contribution in [0.4, 0.5) is 0 Å². The van der Waals surface area contributed by atoms with Gasteiger partial charge in [-0.3, -0.25) is 20.2 Å². The van der Waals surface area contributed by atoms with Crippen molar-refractivity contribution in [2.24, 2.45) is 4.99 Å². The molecule has 1 heterocycles. The lowest BCUT2D eigenvalue weighted by Gasteiger charge is -2.05. The van der Waals surface area contributed by atoms with E-state index in [1.807, 2.05) is 6.92 Å². The molecule has 0 saturated carbocycles. The fourth-order valence-corrected chi connectivity index (χ4v) is 0.868. The zero-order valence-electron chi connectivity index (χ0n) is 7.20. The van der Waals surface area contributed by atoms with Crippen molar-refractivity contribution in [1.29, 1.82) is 0 Å². The van der Waals surface area contributed by atoms with Crippen LogP contribution < -0.4 is 10.6 Å². The Morgan fingerprint density at radius 3 is 2.31 bits per heavy atom. The highest BCUT2D eigenvalue weighted by molar-refractivity contribution is 6.45. The van der Waals surface area contributed by atoms with Gasteiger partial charge in [-0.25, -0.2) is 4.99 Å². The highest BCUT2D eigenvalue weighted by Crippen LogP contribution is 1.96. The predicted octanol–water partition coefficient (Wildman–Crippen LogP) is -1.64. The van der Waals surface area contributed by atoms with E-state index < -0.39 is 11.8 Å². The zero-order chi connectivity index (χ0) is 9.84. The van der Waals surface area contributed by atoms with E-state index in [1.54, 1.807) is 0 Å². The van der Waals surface area contributed by atoms with Crippen molar-refractivity contribution in [3.05, 3.63) is 0 Å². The summed E-state index contributed by atoms with van der Waals surface area (Å²) in [6, 6.07) is -0.284. The van der Waals surface area contributed by atoms with Gasteiger partial charge < -0.3 is 5.11 Å². The lowest BCUT2D eigenvalue weighted by molar-refractivity contribution is -0.135. The van der Waals surface area contributed by atoms with Crippen molar-refractivity contribution in [2.45, 2.75) is 19.4 Å². The minimum absolute atomic E-state index is 0.105. The third kappa shape index (κ3) is 2.25. The largest absolute Gasteiger partial charge is 0.394 e. The highest BCUT2D eigenvalue weighted by atomic mass is 16.3. The predicted molar refractivity (Wildman–Crippen MR) is 44.9 cm³/mol. The van der Waals surface area contributed by atoms with E-state index in [0.717, 1.165) is 0 Å². The Morgan fingerprint density at radius 1 is 1.38 bits per heavy atom. The molecule has 6 heteroatoms. The number of guanidine groups is 1. The van der Waals surface area contributed by atoms with Gasteiger partial charge in [-0.1, -0.05) is 6.92 Å². The second-order valence-corrected chi connectivity index (χ2v) is 2.63. The number of hydrogen-bond acceptors (Lipinski definition) is 4. The molecule has 1 fully saturated rings. The number of aliphatic hydroxyl groups is 1. The maximum atomic E-state index is 10.7. The molecule has 1 unspecified atom stereocenters. The van der Waals surface area contributed by atoms with Crippen LogP contribution in [0, 0.1) is 0 Å². The molecule has 0 aliphatic carbocycles. The number of hydrogen-bond donors (Lipinski definition) is 3. The minimum atomic E-state index is -0.716. The van der Waals surface area contributed by atoms with Crippen LogP contribution in [0.2, 0.25) is 0 Å². The van der Waals surface area contributed by atoms with Crippen LogP contribution in [0.5, 0.6) is 0 Å². The second kappa shape index (κ2) is 3.99. The first-order chi connectivity index (χ1) is 6.17. The number of nitrogens with one attached hydrogen (secondary N) is 2. The molecule has 0 aromatic carbocycles. The Kier molecular flexibility index (Phi) is 2.97. The molecule has 0 spiro atoms. The Hall–Kier alpha value is -1.43. The van der Waals surface area contributed by atoms with Crippen molar-refractivity contribution in [1.82, 2.24) is 10.6 Å². The minimum Gasteiger partial charge on any atom is -0.394 e. The summed E-state index contributed by atoms with van der Waals surface area (Å²) in [6.45, 7) is 1.75. The molecule has 1 aliphatic rings. The van der Waals surface area contributed by atoms with Crippen molar-refractivity contribution in [3.8, 4) is 0 Å². The van der Waals surface area contributed by atoms with E-state index in [9.17, 15) is 9.59 Å². The summed E-state index contributed by atoms with van der Waals surface area (Å²) in [5, 5.41) is 13.3. The van der Waals surface area contributed by atoms with Gasteiger partial charge in [-0.2, -0.15) is 0 Å². The summed E-state index contributed by atoms with van der Waals surface area (Å²) in [7, 11) is 0. The number of carbonyl (C=O) groups excluding carboxylic acids is 2. The van der Waals surface area contributed by atoms with Gasteiger partial charge in [0.15, 0.2) is 0 Å². The summed E-state index contributed by atoms with van der Waals surface area (Å²) in [5.74, 6) is -1.31. The number of rotatable bonds is 3. The number of amides is 2. The summed E-state index contributed by atoms with van der Waals surface area (Å²) in [5.41, 5.74) is 0. The van der Waals surface area contributed by atoms with Crippen LogP contribution >= 0.6 is 0 Å². The first-order valence-corrected chi connectivity index (χ1v) is 3.98. The molecule has 6 nitrogen and oxygen atoms in total. The standard InChI is InChI=1S/C7H11N3O3/c1-2-4(3-11)8-7-9-5(12)6(13)10-7/h4,11H,2-3H2,1H3,(H2,8,9,10,12,13). The lowest BCUT2D eigenvalue weighted by atomic mass is 10.2. The molecule has 0 aromatic heterocycles. The summed E-state index contributed by atoms with van der Waals surface area (Å²) in [4.78, 5) is 25.3. The van der Waals surface area contributed by atoms with Crippen molar-refractivity contribution < 1.29 is 14.7 Å². The monoisotopic (exact) mass is 185 g/mol. The van der Waals surface area contributed by atoms with E-state index in [0.29, 0.717) is 6.42 Å². The van der Waals surface area contributed by atoms with Crippen molar-refractivity contribution in [3.63, 3.8) is 0 Å². The molecule has 2 amide bonds. The molecule has 1 atom stereocenters. The van der Waals surface area contributed by atoms with E-state index in [-0.39, 0.29) is 18.6 Å². The van der Waals surface area contributed by atoms with Crippen LogP contribution in [-0.2, 0) is 9.59 Å². The maximum Gasteiger partial charge on any atom is 0.316 e. The third-order valence-corrected chi connectivity index (χ3v) is 1.66. The molecule has 0 bridgehead atoms. The fourth-order valence-electron chi connectivity index (χ4n) is 0.868. The number of nitrogens with zero attached hydrogens (tertiary/aromatic N) is 1. The summed E-state index contributed by atoms with van der Waals surface area (Å²) >= 11 is 0. The Morgan fingerprint density at radius 2 is 1.92 bits per heavy atom. The van der Waals surface area contributed by atoms with Crippen LogP contribution in [0.25, 0.3) is 0 Å². The quantitative estimate of drug-likeness (QED) is 0.460. The van der Waals surface area contributed by atoms with Crippen molar-refractivity contribution in [2.75, 3.05) is 6.61 Å². The molecular weight excluding hydrogens is 174 g/mol. The van der Waals surface area contributed by atoms with Gasteiger partial charge in [0.1, 0.15) is 0 Å². The lowest BCUT2D eigenvalue weighted by Crippen LogP contribution is -2.28. The Balaban J connectivity index is 2.63. The van der Waals surface area contributed by atoms with Crippen molar-refractivity contribution >= 4 is 17.8 Å². The molecule has 13 heavy (non-hydrogen) atoms. The van der Waals surface area contributed by atoms with Crippen LogP contribution in [-0.4, -0.2) is 35.5 Å². The number of aliphatic hydroxyl groups excluding tert-OH is 1. The van der Waals surface area contributed by atoms with Gasteiger partial charge in [0, 0.05) is 0 Å². The third-order valence-electron chi connectivity index (χ3n) is 1.66. The Bertz CT molecular complexity index is 240. The summed E-state index contributed by atoms with van der Waals surface area (Å²) in [6.07, 6.45) is 0.645. The van der Waals surface area contributed by atoms with E-state index in [2.05, 4.69) is 15.6 Å². The number of aliphatic imine (C=N–C) groups is 1. The summed E-state index contributed by atoms with van der Waals surface area (Å²) < 4.78 is 0. The molecule has 0 radical (unpaired) electrons. The van der Waals surface area contributed by atoms with E-state index >= 15 is 0 Å². The van der Waals surface area contributed by atoms with Crippen LogP contribution in [0.3, 0.4) is 0 Å². The van der Waals surface area contributed by atoms with Gasteiger partial charge in [0.2, 0.25) is 5.96 Å². The SMILES string of the molecule is CCC(CO)N=C1NC(=O)C(=O)N1. The Labute approximate surface area is 75.0 Å². The molecule has 1 aliphatic heterocycles. The molecule has 1 saturated heterocycles. The average Bonchev–Trinajstić information content (AvgIpc) is 2.42. The topological polar surface area (TPSA) is 90.8 Å². The molecule has 1 rings (SSSR count). The smallest absolute Gasteiger partial charge is 0.316 e. The number of carbonyl (C=O) groups is 2. The molecule has 72 valence electrons. The highest BCUT2D eigenvalue weighted by Gasteiger charge is 2.25. The van der Waals surface area contributed by atoms with E-state index in [4.69, 9.17) is 5.11 Å². The van der Waals surface area contributed by atoms with Gasteiger partial charge in [0.25, 0.3) is 0 Å². The second-order valence-electron chi connectivity index (χ2n) is 2.63. The first kappa shape index (κ1) is 9.66. The van der Waals surface area contributed by atoms with Crippen LogP contribution in [0.1, 0.15) is 13.3 Å². The molecule has 0 aromatic rings. The average molecular weight is 185 g/mol. The van der Waals surface area contributed by atoms with Crippen LogP contribution in [0.15, 0.2) is 4.99 Å². The van der Waals surface area contributed by atoms with Gasteiger partial charge in [-0.15, -0.1) is 0 Å². The molecule has 3 N–H and O–H groups in total. The normalized spacial score (nSPS) is 18.2. The maximum absolute atomic E-state index is 10.7. The van der Waals surface area contributed by atoms with Gasteiger partial charge in [0.05, 0.1) is 12.6 Å². The molecular formula is C7H11N3O3.